The second kappa shape index (κ2) is 4.09. The molecule has 0 atom stereocenters. The van der Waals surface area contributed by atoms with Crippen LogP contribution in [-0.4, -0.2) is 5.91 Å². The fourth-order valence-electron chi connectivity index (χ4n) is 1.28. The first kappa shape index (κ1) is 11.2. The molecule has 1 rings (SSSR count). The number of carbonyl (C=O) groups is 1. The lowest BCUT2D eigenvalue weighted by atomic mass is 10.1. The second-order valence-corrected chi connectivity index (χ2v) is 4.02. The van der Waals surface area contributed by atoms with Crippen LogP contribution >= 0.6 is 15.9 Å². The van der Waals surface area contributed by atoms with Crippen LogP contribution in [0.4, 0.5) is 10.1 Å². The van der Waals surface area contributed by atoms with E-state index in [0.717, 1.165) is 5.56 Å². The second-order valence-electron chi connectivity index (χ2n) is 3.17. The maximum atomic E-state index is 13.4. The van der Waals surface area contributed by atoms with E-state index < -0.39 is 0 Å². The van der Waals surface area contributed by atoms with Crippen LogP contribution in [0, 0.1) is 19.7 Å². The molecule has 4 heteroatoms. The molecule has 2 nitrogen and oxygen atoms in total. The van der Waals surface area contributed by atoms with E-state index >= 15 is 0 Å². The minimum atomic E-state index is -0.334. The summed E-state index contributed by atoms with van der Waals surface area (Å²) < 4.78 is 13.8. The van der Waals surface area contributed by atoms with Gasteiger partial charge in [-0.15, -0.1) is 0 Å². The van der Waals surface area contributed by atoms with Gasteiger partial charge in [-0.2, -0.15) is 0 Å². The number of carbonyl (C=O) groups excluding carboxylic acids is 1. The summed E-state index contributed by atoms with van der Waals surface area (Å²) in [6.07, 6.45) is 0. The molecular weight excluding hydrogens is 249 g/mol. The average molecular weight is 260 g/mol. The largest absolute Gasteiger partial charge is 0.326 e. The van der Waals surface area contributed by atoms with Crippen LogP contribution in [-0.2, 0) is 4.79 Å². The Bertz CT molecular complexity index is 390. The van der Waals surface area contributed by atoms with Crippen molar-refractivity contribution in [2.24, 2.45) is 0 Å². The molecule has 0 aliphatic heterocycles. The SMILES string of the molecule is CC(=O)Nc1c(C)cc(Br)c(F)c1C. The van der Waals surface area contributed by atoms with Gasteiger partial charge < -0.3 is 5.32 Å². The molecule has 0 spiro atoms. The monoisotopic (exact) mass is 259 g/mol. The molecule has 0 aliphatic rings. The molecule has 0 aliphatic carbocycles. The van der Waals surface area contributed by atoms with Crippen molar-refractivity contribution in [3.63, 3.8) is 0 Å². The predicted octanol–water partition coefficient (Wildman–Crippen LogP) is 3.16. The summed E-state index contributed by atoms with van der Waals surface area (Å²) >= 11 is 3.11. The highest BCUT2D eigenvalue weighted by Gasteiger charge is 2.12. The molecule has 1 amide bonds. The van der Waals surface area contributed by atoms with Gasteiger partial charge in [0.2, 0.25) is 5.91 Å². The number of anilines is 1. The first-order chi connectivity index (χ1) is 6.43. The van der Waals surface area contributed by atoms with E-state index in [1.165, 1.54) is 6.92 Å². The Morgan fingerprint density at radius 2 is 2.07 bits per heavy atom. The minimum absolute atomic E-state index is 0.196. The van der Waals surface area contributed by atoms with Crippen LogP contribution < -0.4 is 5.32 Å². The summed E-state index contributed by atoms with van der Waals surface area (Å²) in [7, 11) is 0. The molecule has 0 heterocycles. The Morgan fingerprint density at radius 1 is 1.50 bits per heavy atom. The van der Waals surface area contributed by atoms with E-state index in [0.29, 0.717) is 15.7 Å². The minimum Gasteiger partial charge on any atom is -0.326 e. The number of benzene rings is 1. The van der Waals surface area contributed by atoms with Gasteiger partial charge >= 0.3 is 0 Å². The fourth-order valence-corrected chi connectivity index (χ4v) is 1.92. The summed E-state index contributed by atoms with van der Waals surface area (Å²) in [6, 6.07) is 1.65. The molecule has 76 valence electrons. The number of hydrogen-bond acceptors (Lipinski definition) is 1. The normalized spacial score (nSPS) is 10.1. The van der Waals surface area contributed by atoms with Crippen molar-refractivity contribution in [3.8, 4) is 0 Å². The average Bonchev–Trinajstić information content (AvgIpc) is 2.09. The van der Waals surface area contributed by atoms with Crippen molar-refractivity contribution < 1.29 is 9.18 Å². The number of amides is 1. The zero-order chi connectivity index (χ0) is 10.9. The Balaban J connectivity index is 3.29. The smallest absolute Gasteiger partial charge is 0.221 e. The highest BCUT2D eigenvalue weighted by molar-refractivity contribution is 9.10. The molecule has 0 radical (unpaired) electrons. The third kappa shape index (κ3) is 2.12. The molecule has 0 aromatic heterocycles. The van der Waals surface area contributed by atoms with Crippen molar-refractivity contribution in [1.82, 2.24) is 0 Å². The quantitative estimate of drug-likeness (QED) is 0.825. The van der Waals surface area contributed by atoms with Crippen molar-refractivity contribution >= 4 is 27.5 Å². The van der Waals surface area contributed by atoms with Crippen LogP contribution in [0.15, 0.2) is 10.5 Å². The highest BCUT2D eigenvalue weighted by Crippen LogP contribution is 2.28. The molecule has 1 aromatic rings. The number of nitrogens with one attached hydrogen (secondary N) is 1. The van der Waals surface area contributed by atoms with E-state index in [1.54, 1.807) is 13.0 Å². The van der Waals surface area contributed by atoms with E-state index in [9.17, 15) is 9.18 Å². The third-order valence-electron chi connectivity index (χ3n) is 1.95. The standard InChI is InChI=1S/C10H11BrFNO/c1-5-4-8(11)9(12)6(2)10(5)13-7(3)14/h4H,1-3H3,(H,13,14). The number of aryl methyl sites for hydroxylation is 1. The molecule has 14 heavy (non-hydrogen) atoms. The van der Waals surface area contributed by atoms with E-state index in [1.807, 2.05) is 6.92 Å². The van der Waals surface area contributed by atoms with Gasteiger partial charge in [-0.05, 0) is 41.4 Å². The lowest BCUT2D eigenvalue weighted by Gasteiger charge is -2.11. The first-order valence-electron chi connectivity index (χ1n) is 4.16. The van der Waals surface area contributed by atoms with Crippen LogP contribution in [0.2, 0.25) is 0 Å². The Labute approximate surface area is 90.6 Å². The maximum absolute atomic E-state index is 13.4. The number of rotatable bonds is 1. The van der Waals surface area contributed by atoms with Gasteiger partial charge in [-0.3, -0.25) is 4.79 Å². The van der Waals surface area contributed by atoms with Gasteiger partial charge in [0, 0.05) is 18.2 Å². The van der Waals surface area contributed by atoms with Crippen molar-refractivity contribution in [3.05, 3.63) is 27.5 Å². The molecule has 0 saturated carbocycles. The van der Waals surface area contributed by atoms with Crippen LogP contribution in [0.3, 0.4) is 0 Å². The Kier molecular flexibility index (Phi) is 3.26. The van der Waals surface area contributed by atoms with Gasteiger partial charge in [-0.25, -0.2) is 4.39 Å². The van der Waals surface area contributed by atoms with Gasteiger partial charge in [0.1, 0.15) is 5.82 Å². The van der Waals surface area contributed by atoms with Crippen LogP contribution in [0.25, 0.3) is 0 Å². The molecule has 0 bridgehead atoms. The Morgan fingerprint density at radius 3 is 2.57 bits per heavy atom. The summed E-state index contributed by atoms with van der Waals surface area (Å²) in [6.45, 7) is 4.86. The van der Waals surface area contributed by atoms with Crippen molar-refractivity contribution in [1.29, 1.82) is 0 Å². The maximum Gasteiger partial charge on any atom is 0.221 e. The van der Waals surface area contributed by atoms with E-state index in [4.69, 9.17) is 0 Å². The molecule has 0 fully saturated rings. The number of hydrogen-bond donors (Lipinski definition) is 1. The summed E-state index contributed by atoms with van der Waals surface area (Å²) in [5.74, 6) is -0.530. The van der Waals surface area contributed by atoms with Gasteiger partial charge in [0.25, 0.3) is 0 Å². The van der Waals surface area contributed by atoms with Crippen molar-refractivity contribution in [2.45, 2.75) is 20.8 Å². The first-order valence-corrected chi connectivity index (χ1v) is 4.95. The summed E-state index contributed by atoms with van der Waals surface area (Å²) in [5, 5.41) is 2.61. The molecule has 0 saturated heterocycles. The molecule has 1 aromatic carbocycles. The van der Waals surface area contributed by atoms with E-state index in [2.05, 4.69) is 21.2 Å². The third-order valence-corrected chi connectivity index (χ3v) is 2.53. The van der Waals surface area contributed by atoms with Gasteiger partial charge in [-0.1, -0.05) is 0 Å². The zero-order valence-electron chi connectivity index (χ0n) is 8.24. The summed E-state index contributed by atoms with van der Waals surface area (Å²) in [5.41, 5.74) is 1.84. The van der Waals surface area contributed by atoms with Gasteiger partial charge in [0.05, 0.1) is 4.47 Å². The lowest BCUT2D eigenvalue weighted by molar-refractivity contribution is -0.114. The fraction of sp³-hybridized carbons (Fsp3) is 0.300. The highest BCUT2D eigenvalue weighted by atomic mass is 79.9. The topological polar surface area (TPSA) is 29.1 Å². The predicted molar refractivity (Wildman–Crippen MR) is 57.9 cm³/mol. The van der Waals surface area contributed by atoms with Crippen molar-refractivity contribution in [2.75, 3.05) is 5.32 Å². The Hall–Kier alpha value is -0.900. The van der Waals surface area contributed by atoms with E-state index in [-0.39, 0.29) is 11.7 Å². The summed E-state index contributed by atoms with van der Waals surface area (Å²) in [4.78, 5) is 10.9. The van der Waals surface area contributed by atoms with Crippen LogP contribution in [0.5, 0.6) is 0 Å². The molecular formula is C10H11BrFNO. The van der Waals surface area contributed by atoms with Gasteiger partial charge in [0.15, 0.2) is 0 Å². The molecule has 1 N–H and O–H groups in total. The number of halogens is 2. The van der Waals surface area contributed by atoms with Crippen LogP contribution in [0.1, 0.15) is 18.1 Å². The zero-order valence-corrected chi connectivity index (χ0v) is 9.83. The molecule has 0 unspecified atom stereocenters. The lowest BCUT2D eigenvalue weighted by Crippen LogP contribution is -2.09.